The molecule has 3 aromatic carbocycles. The molecule has 0 aliphatic heterocycles. The van der Waals surface area contributed by atoms with Crippen LogP contribution in [0.3, 0.4) is 0 Å². The Labute approximate surface area is 147 Å². The van der Waals surface area contributed by atoms with Crippen molar-refractivity contribution in [2.24, 2.45) is 0 Å². The van der Waals surface area contributed by atoms with E-state index in [0.29, 0.717) is 5.56 Å². The molecule has 0 spiro atoms. The van der Waals surface area contributed by atoms with Crippen molar-refractivity contribution in [3.05, 3.63) is 66.2 Å². The maximum absolute atomic E-state index is 12.6. The molecule has 0 saturated carbocycles. The van der Waals surface area contributed by atoms with Crippen LogP contribution < -0.4 is 14.8 Å². The standard InChI is InChI=1S/C21H21NO3/c1-14(2)25-16-10-8-15(9-11-16)21(23)22-19-12-13-20(24-3)18-7-5-4-6-17(18)19/h4-14H,1-3H3,(H,22,23). The van der Waals surface area contributed by atoms with Crippen LogP contribution in [0.4, 0.5) is 5.69 Å². The van der Waals surface area contributed by atoms with Crippen LogP contribution in [0.15, 0.2) is 60.7 Å². The van der Waals surface area contributed by atoms with E-state index in [4.69, 9.17) is 9.47 Å². The fraction of sp³-hybridized carbons (Fsp3) is 0.190. The maximum Gasteiger partial charge on any atom is 0.255 e. The Kier molecular flexibility index (Phi) is 4.89. The molecule has 3 rings (SSSR count). The van der Waals surface area contributed by atoms with Crippen LogP contribution in [0.2, 0.25) is 0 Å². The van der Waals surface area contributed by atoms with Crippen molar-refractivity contribution < 1.29 is 14.3 Å². The lowest BCUT2D eigenvalue weighted by atomic mass is 10.1. The highest BCUT2D eigenvalue weighted by atomic mass is 16.5. The number of anilines is 1. The van der Waals surface area contributed by atoms with Gasteiger partial charge in [0.1, 0.15) is 11.5 Å². The van der Waals surface area contributed by atoms with Crippen molar-refractivity contribution in [2.45, 2.75) is 20.0 Å². The highest BCUT2D eigenvalue weighted by Crippen LogP contribution is 2.31. The zero-order valence-electron chi connectivity index (χ0n) is 14.6. The lowest BCUT2D eigenvalue weighted by Gasteiger charge is -2.12. The minimum atomic E-state index is -0.161. The van der Waals surface area contributed by atoms with E-state index in [-0.39, 0.29) is 12.0 Å². The number of amides is 1. The van der Waals surface area contributed by atoms with Gasteiger partial charge in [-0.05, 0) is 50.2 Å². The summed E-state index contributed by atoms with van der Waals surface area (Å²) in [6.07, 6.45) is 0.102. The van der Waals surface area contributed by atoms with Gasteiger partial charge in [-0.25, -0.2) is 0 Å². The van der Waals surface area contributed by atoms with Crippen LogP contribution in [0.25, 0.3) is 10.8 Å². The predicted octanol–water partition coefficient (Wildman–Crippen LogP) is 4.89. The average Bonchev–Trinajstić information content (AvgIpc) is 2.62. The highest BCUT2D eigenvalue weighted by Gasteiger charge is 2.11. The van der Waals surface area contributed by atoms with Crippen LogP contribution in [-0.2, 0) is 0 Å². The van der Waals surface area contributed by atoms with Gasteiger partial charge in [-0.2, -0.15) is 0 Å². The van der Waals surface area contributed by atoms with Gasteiger partial charge in [-0.3, -0.25) is 4.79 Å². The Balaban J connectivity index is 1.85. The molecule has 128 valence electrons. The summed E-state index contributed by atoms with van der Waals surface area (Å²) in [5.74, 6) is 1.37. The Morgan fingerprint density at radius 3 is 2.24 bits per heavy atom. The number of ether oxygens (including phenoxy) is 2. The largest absolute Gasteiger partial charge is 0.496 e. The molecule has 25 heavy (non-hydrogen) atoms. The van der Waals surface area contributed by atoms with E-state index in [1.54, 1.807) is 31.4 Å². The monoisotopic (exact) mass is 335 g/mol. The Bertz CT molecular complexity index is 885. The second kappa shape index (κ2) is 7.26. The summed E-state index contributed by atoms with van der Waals surface area (Å²) in [5.41, 5.74) is 1.33. The molecule has 0 aliphatic carbocycles. The molecule has 0 aliphatic rings. The van der Waals surface area contributed by atoms with E-state index < -0.39 is 0 Å². The second-order valence-corrected chi connectivity index (χ2v) is 6.01. The third-order valence-electron chi connectivity index (χ3n) is 3.84. The second-order valence-electron chi connectivity index (χ2n) is 6.01. The van der Waals surface area contributed by atoms with Crippen molar-refractivity contribution in [3.8, 4) is 11.5 Å². The molecule has 0 fully saturated rings. The fourth-order valence-corrected chi connectivity index (χ4v) is 2.71. The molecule has 0 unspecified atom stereocenters. The van der Waals surface area contributed by atoms with Crippen LogP contribution >= 0.6 is 0 Å². The molecule has 4 nitrogen and oxygen atoms in total. The van der Waals surface area contributed by atoms with Crippen LogP contribution in [0.5, 0.6) is 11.5 Å². The lowest BCUT2D eigenvalue weighted by molar-refractivity contribution is 0.102. The number of benzene rings is 3. The first-order valence-corrected chi connectivity index (χ1v) is 8.22. The van der Waals surface area contributed by atoms with Crippen molar-refractivity contribution in [1.82, 2.24) is 0 Å². The number of methoxy groups -OCH3 is 1. The van der Waals surface area contributed by atoms with Crippen LogP contribution in [-0.4, -0.2) is 19.1 Å². The van der Waals surface area contributed by atoms with Crippen LogP contribution in [0.1, 0.15) is 24.2 Å². The summed E-state index contributed by atoms with van der Waals surface area (Å²) in [5, 5.41) is 4.88. The number of hydrogen-bond acceptors (Lipinski definition) is 3. The predicted molar refractivity (Wildman–Crippen MR) is 101 cm³/mol. The van der Waals surface area contributed by atoms with E-state index in [1.165, 1.54) is 0 Å². The minimum Gasteiger partial charge on any atom is -0.496 e. The molecule has 3 aromatic rings. The smallest absolute Gasteiger partial charge is 0.255 e. The van der Waals surface area contributed by atoms with E-state index in [1.807, 2.05) is 50.2 Å². The molecular formula is C21H21NO3. The SMILES string of the molecule is COc1ccc(NC(=O)c2ccc(OC(C)C)cc2)c2ccccc12. The summed E-state index contributed by atoms with van der Waals surface area (Å²) >= 11 is 0. The third-order valence-corrected chi connectivity index (χ3v) is 3.84. The zero-order chi connectivity index (χ0) is 17.8. The normalized spacial score (nSPS) is 10.7. The molecule has 0 aromatic heterocycles. The fourth-order valence-electron chi connectivity index (χ4n) is 2.71. The first-order valence-electron chi connectivity index (χ1n) is 8.22. The van der Waals surface area contributed by atoms with Gasteiger partial charge >= 0.3 is 0 Å². The Morgan fingerprint density at radius 1 is 0.920 bits per heavy atom. The zero-order valence-corrected chi connectivity index (χ0v) is 14.6. The number of fused-ring (bicyclic) bond motifs is 1. The summed E-state index contributed by atoms with van der Waals surface area (Å²) in [6.45, 7) is 3.94. The van der Waals surface area contributed by atoms with Crippen LogP contribution in [0, 0.1) is 0 Å². The number of rotatable bonds is 5. The quantitative estimate of drug-likeness (QED) is 0.722. The number of carbonyl (C=O) groups is 1. The topological polar surface area (TPSA) is 47.6 Å². The molecule has 1 N–H and O–H groups in total. The highest BCUT2D eigenvalue weighted by molar-refractivity contribution is 6.10. The molecule has 0 atom stereocenters. The third kappa shape index (κ3) is 3.74. The first kappa shape index (κ1) is 16.8. The number of carbonyl (C=O) groups excluding carboxylic acids is 1. The lowest BCUT2D eigenvalue weighted by Crippen LogP contribution is -2.12. The Morgan fingerprint density at radius 2 is 1.60 bits per heavy atom. The van der Waals surface area contributed by atoms with Gasteiger partial charge in [0, 0.05) is 22.0 Å². The summed E-state index contributed by atoms with van der Waals surface area (Å²) < 4.78 is 11.0. The van der Waals surface area contributed by atoms with Crippen molar-refractivity contribution >= 4 is 22.4 Å². The molecule has 1 amide bonds. The van der Waals surface area contributed by atoms with Gasteiger partial charge in [0.05, 0.1) is 13.2 Å². The van der Waals surface area contributed by atoms with Crippen molar-refractivity contribution in [1.29, 1.82) is 0 Å². The van der Waals surface area contributed by atoms with Gasteiger partial charge < -0.3 is 14.8 Å². The molecule has 0 bridgehead atoms. The van der Waals surface area contributed by atoms with E-state index >= 15 is 0 Å². The summed E-state index contributed by atoms with van der Waals surface area (Å²) in [7, 11) is 1.64. The summed E-state index contributed by atoms with van der Waals surface area (Å²) in [6, 6.07) is 18.7. The van der Waals surface area contributed by atoms with Crippen molar-refractivity contribution in [2.75, 3.05) is 12.4 Å². The van der Waals surface area contributed by atoms with Gasteiger partial charge in [-0.1, -0.05) is 24.3 Å². The first-order chi connectivity index (χ1) is 12.1. The average molecular weight is 335 g/mol. The molecule has 0 heterocycles. The molecule has 0 radical (unpaired) electrons. The van der Waals surface area contributed by atoms with E-state index in [0.717, 1.165) is 28.0 Å². The van der Waals surface area contributed by atoms with E-state index in [9.17, 15) is 4.79 Å². The van der Waals surface area contributed by atoms with Gasteiger partial charge in [0.15, 0.2) is 0 Å². The van der Waals surface area contributed by atoms with Gasteiger partial charge in [-0.15, -0.1) is 0 Å². The molecule has 4 heteroatoms. The summed E-state index contributed by atoms with van der Waals surface area (Å²) in [4.78, 5) is 12.6. The van der Waals surface area contributed by atoms with Gasteiger partial charge in [0.25, 0.3) is 5.91 Å². The van der Waals surface area contributed by atoms with Gasteiger partial charge in [0.2, 0.25) is 0 Å². The minimum absolute atomic E-state index is 0.102. The molecular weight excluding hydrogens is 314 g/mol. The number of hydrogen-bond donors (Lipinski definition) is 1. The molecule has 0 saturated heterocycles. The van der Waals surface area contributed by atoms with E-state index in [2.05, 4.69) is 5.32 Å². The Hall–Kier alpha value is -3.01. The maximum atomic E-state index is 12.6. The number of nitrogens with one attached hydrogen (secondary N) is 1. The van der Waals surface area contributed by atoms with Crippen molar-refractivity contribution in [3.63, 3.8) is 0 Å².